The Labute approximate surface area is 116 Å². The monoisotopic (exact) mass is 259 g/mol. The predicted octanol–water partition coefficient (Wildman–Crippen LogP) is 5.30. The molecule has 1 N–H and O–H groups in total. The number of hydrogen-bond donors (Lipinski definition) is 1. The number of hydrogen-bond acceptors (Lipinski definition) is 1. The van der Waals surface area contributed by atoms with E-state index in [0.29, 0.717) is 0 Å². The number of fused-ring (bicyclic) bond motifs is 1. The Morgan fingerprint density at radius 2 is 1.74 bits per heavy atom. The summed E-state index contributed by atoms with van der Waals surface area (Å²) in [6.45, 7) is 3.08. The van der Waals surface area contributed by atoms with Crippen LogP contribution in [0.4, 0.5) is 0 Å². The second kappa shape index (κ2) is 7.88. The van der Waals surface area contributed by atoms with Crippen molar-refractivity contribution in [2.45, 2.75) is 51.9 Å². The number of nitrogens with one attached hydrogen (secondary N) is 1. The Bertz CT molecular complexity index is 475. The summed E-state index contributed by atoms with van der Waals surface area (Å²) in [5, 5.41) is 1.22. The molecule has 2 rings (SSSR count). The molecule has 1 heterocycles. The van der Waals surface area contributed by atoms with E-state index in [9.17, 15) is 0 Å². The molecule has 19 heavy (non-hydrogen) atoms. The zero-order chi connectivity index (χ0) is 13.3. The number of para-hydroxylation sites is 1. The molecule has 0 fully saturated rings. The first-order chi connectivity index (χ1) is 9.42. The lowest BCUT2D eigenvalue weighted by Crippen LogP contribution is -1.97. The first kappa shape index (κ1) is 14.0. The summed E-state index contributed by atoms with van der Waals surface area (Å²) in [4.78, 5) is 3.24. The van der Waals surface area contributed by atoms with Crippen molar-refractivity contribution in [1.29, 1.82) is 0 Å². The van der Waals surface area contributed by atoms with E-state index in [1.165, 1.54) is 43.9 Å². The smallest absolute Gasteiger partial charge is 0.143 e. The fourth-order valence-corrected chi connectivity index (χ4v) is 2.42. The van der Waals surface area contributed by atoms with Crippen LogP contribution in [-0.4, -0.2) is 11.6 Å². The van der Waals surface area contributed by atoms with E-state index in [4.69, 9.17) is 4.74 Å². The van der Waals surface area contributed by atoms with Gasteiger partial charge in [-0.15, -0.1) is 0 Å². The van der Waals surface area contributed by atoms with Gasteiger partial charge in [0.05, 0.1) is 12.1 Å². The molecule has 104 valence electrons. The number of rotatable bonds is 9. The minimum atomic E-state index is 0.825. The van der Waals surface area contributed by atoms with Gasteiger partial charge in [-0.25, -0.2) is 0 Å². The second-order valence-electron chi connectivity index (χ2n) is 5.17. The van der Waals surface area contributed by atoms with E-state index >= 15 is 0 Å². The molecule has 0 saturated carbocycles. The van der Waals surface area contributed by atoms with E-state index in [1.807, 2.05) is 12.3 Å². The lowest BCUT2D eigenvalue weighted by Gasteiger charge is -2.07. The highest BCUT2D eigenvalue weighted by molar-refractivity contribution is 5.85. The normalized spacial score (nSPS) is 11.0. The average molecular weight is 259 g/mol. The largest absolute Gasteiger partial charge is 0.491 e. The van der Waals surface area contributed by atoms with E-state index < -0.39 is 0 Å². The average Bonchev–Trinajstić information content (AvgIpc) is 2.91. The quantitative estimate of drug-likeness (QED) is 0.607. The third-order valence-corrected chi connectivity index (χ3v) is 3.55. The van der Waals surface area contributed by atoms with Crippen molar-refractivity contribution in [3.63, 3.8) is 0 Å². The Kier molecular flexibility index (Phi) is 5.80. The van der Waals surface area contributed by atoms with Gasteiger partial charge in [-0.05, 0) is 18.6 Å². The molecule has 0 radical (unpaired) electrons. The Hall–Kier alpha value is -1.44. The van der Waals surface area contributed by atoms with Crippen molar-refractivity contribution in [3.8, 4) is 5.75 Å². The van der Waals surface area contributed by atoms with Crippen LogP contribution < -0.4 is 4.74 Å². The molecule has 2 aromatic rings. The predicted molar refractivity (Wildman–Crippen MR) is 81.8 cm³/mol. The van der Waals surface area contributed by atoms with Gasteiger partial charge in [0, 0.05) is 11.6 Å². The molecular weight excluding hydrogens is 234 g/mol. The Morgan fingerprint density at radius 1 is 0.947 bits per heavy atom. The van der Waals surface area contributed by atoms with Crippen LogP contribution in [0, 0.1) is 0 Å². The van der Waals surface area contributed by atoms with Crippen LogP contribution in [0.1, 0.15) is 51.9 Å². The van der Waals surface area contributed by atoms with Crippen LogP contribution in [0.3, 0.4) is 0 Å². The highest BCUT2D eigenvalue weighted by Crippen LogP contribution is 2.23. The molecule has 0 aliphatic carbocycles. The summed E-state index contributed by atoms with van der Waals surface area (Å²) < 4.78 is 5.87. The van der Waals surface area contributed by atoms with Gasteiger partial charge in [0.25, 0.3) is 0 Å². The van der Waals surface area contributed by atoms with Crippen molar-refractivity contribution >= 4 is 10.9 Å². The van der Waals surface area contributed by atoms with E-state index in [-0.39, 0.29) is 0 Å². The van der Waals surface area contributed by atoms with Gasteiger partial charge in [0.1, 0.15) is 5.75 Å². The van der Waals surface area contributed by atoms with Crippen LogP contribution >= 0.6 is 0 Å². The van der Waals surface area contributed by atoms with E-state index in [0.717, 1.165) is 24.3 Å². The zero-order valence-electron chi connectivity index (χ0n) is 12.0. The summed E-state index contributed by atoms with van der Waals surface area (Å²) in [5.41, 5.74) is 1.12. The van der Waals surface area contributed by atoms with Crippen molar-refractivity contribution < 1.29 is 4.74 Å². The molecule has 1 aromatic heterocycles. The minimum absolute atomic E-state index is 0.825. The van der Waals surface area contributed by atoms with Crippen molar-refractivity contribution in [2.24, 2.45) is 0 Å². The lowest BCUT2D eigenvalue weighted by atomic mass is 10.1. The topological polar surface area (TPSA) is 25.0 Å². The summed E-state index contributed by atoms with van der Waals surface area (Å²) in [7, 11) is 0. The molecule has 0 spiro atoms. The maximum atomic E-state index is 5.87. The number of H-pyrrole nitrogens is 1. The summed E-state index contributed by atoms with van der Waals surface area (Å²) in [6, 6.07) is 8.28. The standard InChI is InChI=1S/C17H25NO/c1-2-3-4-5-6-7-8-14-19-16-11-9-10-15-12-13-18-17(15)16/h9-13,18H,2-8,14H2,1H3. The van der Waals surface area contributed by atoms with Gasteiger partial charge in [0.15, 0.2) is 0 Å². The van der Waals surface area contributed by atoms with E-state index in [2.05, 4.69) is 30.1 Å². The highest BCUT2D eigenvalue weighted by atomic mass is 16.5. The number of aromatic amines is 1. The summed E-state index contributed by atoms with van der Waals surface area (Å²) >= 11 is 0. The second-order valence-corrected chi connectivity index (χ2v) is 5.17. The fourth-order valence-electron chi connectivity index (χ4n) is 2.42. The number of ether oxygens (including phenoxy) is 1. The van der Waals surface area contributed by atoms with E-state index in [1.54, 1.807) is 0 Å². The molecule has 2 nitrogen and oxygen atoms in total. The molecule has 0 aliphatic heterocycles. The molecule has 0 saturated heterocycles. The Morgan fingerprint density at radius 3 is 2.58 bits per heavy atom. The summed E-state index contributed by atoms with van der Waals surface area (Å²) in [5.74, 6) is 0.980. The molecule has 0 aliphatic rings. The molecule has 1 aromatic carbocycles. The van der Waals surface area contributed by atoms with Crippen molar-refractivity contribution in [1.82, 2.24) is 4.98 Å². The molecule has 0 unspecified atom stereocenters. The maximum Gasteiger partial charge on any atom is 0.143 e. The maximum absolute atomic E-state index is 5.87. The molecule has 2 heteroatoms. The highest BCUT2D eigenvalue weighted by Gasteiger charge is 2.01. The van der Waals surface area contributed by atoms with Gasteiger partial charge in [0.2, 0.25) is 0 Å². The number of unbranched alkanes of at least 4 members (excludes halogenated alkanes) is 6. The molecule has 0 amide bonds. The van der Waals surface area contributed by atoms with Crippen LogP contribution in [0.25, 0.3) is 10.9 Å². The van der Waals surface area contributed by atoms with Crippen LogP contribution in [-0.2, 0) is 0 Å². The fraction of sp³-hybridized carbons (Fsp3) is 0.529. The third-order valence-electron chi connectivity index (χ3n) is 3.55. The van der Waals surface area contributed by atoms with Crippen LogP contribution in [0.15, 0.2) is 30.5 Å². The van der Waals surface area contributed by atoms with Gasteiger partial charge in [-0.1, -0.05) is 57.6 Å². The lowest BCUT2D eigenvalue weighted by molar-refractivity contribution is 0.307. The first-order valence-electron chi connectivity index (χ1n) is 7.60. The SMILES string of the molecule is CCCCCCCCCOc1cccc2cc[nH]c12. The zero-order valence-corrected chi connectivity index (χ0v) is 12.0. The van der Waals surface area contributed by atoms with Gasteiger partial charge < -0.3 is 9.72 Å². The van der Waals surface area contributed by atoms with Gasteiger partial charge in [-0.3, -0.25) is 0 Å². The molecule has 0 atom stereocenters. The number of benzene rings is 1. The third kappa shape index (κ3) is 4.30. The van der Waals surface area contributed by atoms with Gasteiger partial charge >= 0.3 is 0 Å². The summed E-state index contributed by atoms with van der Waals surface area (Å²) in [6.07, 6.45) is 11.2. The van der Waals surface area contributed by atoms with Crippen molar-refractivity contribution in [3.05, 3.63) is 30.5 Å². The minimum Gasteiger partial charge on any atom is -0.491 e. The van der Waals surface area contributed by atoms with Crippen molar-refractivity contribution in [2.75, 3.05) is 6.61 Å². The van der Waals surface area contributed by atoms with Crippen LogP contribution in [0.5, 0.6) is 5.75 Å². The van der Waals surface area contributed by atoms with Crippen LogP contribution in [0.2, 0.25) is 0 Å². The number of aromatic nitrogens is 1. The first-order valence-corrected chi connectivity index (χ1v) is 7.60. The van der Waals surface area contributed by atoms with Gasteiger partial charge in [-0.2, -0.15) is 0 Å². The Balaban J connectivity index is 1.64. The molecule has 0 bridgehead atoms. The molecular formula is C17H25NO.